The molecule has 0 saturated heterocycles. The molecule has 0 aliphatic heterocycles. The Bertz CT molecular complexity index is 1600. The number of hydrogen-bond donors (Lipinski definition) is 5. The van der Waals surface area contributed by atoms with Crippen LogP contribution in [-0.4, -0.2) is 45.0 Å². The highest BCUT2D eigenvalue weighted by molar-refractivity contribution is 14.1. The summed E-state index contributed by atoms with van der Waals surface area (Å²) in [6.45, 7) is 1.08. The van der Waals surface area contributed by atoms with E-state index in [0.717, 1.165) is 14.1 Å². The average Bonchev–Trinajstić information content (AvgIpc) is 2.94. The molecule has 0 atom stereocenters. The van der Waals surface area contributed by atoms with E-state index in [1.807, 2.05) is 45.2 Å². The number of rotatable bonds is 8. The van der Waals surface area contributed by atoms with E-state index in [1.54, 1.807) is 60.7 Å². The third kappa shape index (κ3) is 9.34. The molecule has 0 aromatic heterocycles. The summed E-state index contributed by atoms with van der Waals surface area (Å²) in [5.41, 5.74) is 2.17. The summed E-state index contributed by atoms with van der Waals surface area (Å²) in [6.07, 6.45) is 0.232. The first-order chi connectivity index (χ1) is 20.4. The number of carboxylic acids is 3. The minimum Gasteiger partial charge on any atom is -0.481 e. The van der Waals surface area contributed by atoms with Gasteiger partial charge in [-0.2, -0.15) is 0 Å². The second-order valence-electron chi connectivity index (χ2n) is 8.93. The highest BCUT2D eigenvalue weighted by Gasteiger charge is 2.18. The number of nitrogens with one attached hydrogen (secondary N) is 2. The Morgan fingerprint density at radius 1 is 0.581 bits per heavy atom. The number of anilines is 2. The number of carbonyl (C=O) groups is 5. The first-order valence-corrected chi connectivity index (χ1v) is 14.6. The third-order valence-electron chi connectivity index (χ3n) is 5.77. The molecular formula is C31H24I2N2O8. The van der Waals surface area contributed by atoms with Gasteiger partial charge in [0.1, 0.15) is 0 Å². The van der Waals surface area contributed by atoms with Crippen LogP contribution in [0.15, 0.2) is 84.9 Å². The largest absolute Gasteiger partial charge is 0.481 e. The van der Waals surface area contributed by atoms with Gasteiger partial charge in [0, 0.05) is 14.1 Å². The molecule has 0 spiro atoms. The molecule has 12 heteroatoms. The summed E-state index contributed by atoms with van der Waals surface area (Å²) in [5.74, 6) is -4.11. The van der Waals surface area contributed by atoms with Crippen molar-refractivity contribution in [3.63, 3.8) is 0 Å². The van der Waals surface area contributed by atoms with Gasteiger partial charge in [0.05, 0.1) is 33.6 Å². The van der Waals surface area contributed by atoms with Crippen molar-refractivity contribution in [3.05, 3.63) is 125 Å². The second kappa shape index (κ2) is 15.2. The molecule has 0 fully saturated rings. The number of aromatic carboxylic acids is 2. The second-order valence-corrected chi connectivity index (χ2v) is 11.3. The molecule has 0 bridgehead atoms. The Morgan fingerprint density at radius 3 is 1.26 bits per heavy atom. The summed E-state index contributed by atoms with van der Waals surface area (Å²) >= 11 is 4.07. The van der Waals surface area contributed by atoms with Crippen LogP contribution in [0.25, 0.3) is 0 Å². The third-order valence-corrected chi connectivity index (χ3v) is 7.65. The van der Waals surface area contributed by atoms with Crippen molar-refractivity contribution < 1.29 is 39.3 Å². The topological polar surface area (TPSA) is 170 Å². The molecule has 43 heavy (non-hydrogen) atoms. The summed E-state index contributed by atoms with van der Waals surface area (Å²) in [5, 5.41) is 32.3. The van der Waals surface area contributed by atoms with E-state index in [-0.39, 0.29) is 28.9 Å². The van der Waals surface area contributed by atoms with Crippen LogP contribution in [0.5, 0.6) is 0 Å². The lowest BCUT2D eigenvalue weighted by Gasteiger charge is -2.13. The predicted octanol–water partition coefficient (Wildman–Crippen LogP) is 6.48. The molecule has 4 aromatic carbocycles. The summed E-state index contributed by atoms with van der Waals surface area (Å²) in [6, 6.07) is 23.2. The quantitative estimate of drug-likeness (QED) is 0.126. The predicted molar refractivity (Wildman–Crippen MR) is 177 cm³/mol. The van der Waals surface area contributed by atoms with Gasteiger partial charge in [0.25, 0.3) is 17.8 Å². The number of halogens is 2. The van der Waals surface area contributed by atoms with Gasteiger partial charge in [-0.1, -0.05) is 36.4 Å². The lowest BCUT2D eigenvalue weighted by atomic mass is 9.99. The van der Waals surface area contributed by atoms with Crippen LogP contribution in [-0.2, 0) is 11.2 Å². The van der Waals surface area contributed by atoms with E-state index in [4.69, 9.17) is 9.90 Å². The first kappa shape index (κ1) is 33.2. The normalized spacial score (nSPS) is 10.1. The zero-order chi connectivity index (χ0) is 31.7. The van der Waals surface area contributed by atoms with Gasteiger partial charge in [-0.05, 0) is 111 Å². The highest BCUT2D eigenvalue weighted by Crippen LogP contribution is 2.25. The number of carbonyl (C=O) groups excluding carboxylic acids is 2. The fraction of sp³-hybridized carbons (Fsp3) is 0.0645. The van der Waals surface area contributed by atoms with Crippen LogP contribution in [0.2, 0.25) is 0 Å². The molecule has 0 aliphatic rings. The van der Waals surface area contributed by atoms with Crippen LogP contribution in [0, 0.1) is 7.14 Å². The molecule has 2 amide bonds. The monoisotopic (exact) mass is 806 g/mol. The van der Waals surface area contributed by atoms with E-state index in [9.17, 15) is 29.4 Å². The van der Waals surface area contributed by atoms with Gasteiger partial charge in [0.15, 0.2) is 0 Å². The van der Waals surface area contributed by atoms with Crippen molar-refractivity contribution in [2.24, 2.45) is 0 Å². The minimum atomic E-state index is -1.21. The molecule has 10 nitrogen and oxygen atoms in total. The Hall–Kier alpha value is -4.31. The van der Waals surface area contributed by atoms with Gasteiger partial charge < -0.3 is 26.0 Å². The Morgan fingerprint density at radius 2 is 0.930 bits per heavy atom. The van der Waals surface area contributed by atoms with Gasteiger partial charge >= 0.3 is 11.9 Å². The minimum absolute atomic E-state index is 0.0911. The standard InChI is InChI=1S/C29H20I2N2O6.C2H4O2/c30-22-7-3-1-5-18(22)26(34)32-24-11-9-16(14-20(24)28(36)37)13-17-10-12-25(21(15-17)29(38)39)33-27(35)19-6-2-4-8-23(19)31;1-2(3)4/h1-12,14-15H,13H2,(H,32,34)(H,33,35)(H,36,37)(H,38,39);1H3,(H,3,4). The molecule has 0 saturated carbocycles. The number of benzene rings is 4. The molecule has 5 N–H and O–H groups in total. The Labute approximate surface area is 273 Å². The Kier molecular flexibility index (Phi) is 11.8. The smallest absolute Gasteiger partial charge is 0.337 e. The van der Waals surface area contributed by atoms with Crippen molar-refractivity contribution in [2.75, 3.05) is 10.6 Å². The zero-order valence-electron chi connectivity index (χ0n) is 22.4. The van der Waals surface area contributed by atoms with Crippen molar-refractivity contribution >= 4 is 86.3 Å². The fourth-order valence-electron chi connectivity index (χ4n) is 3.88. The molecule has 0 radical (unpaired) electrons. The van der Waals surface area contributed by atoms with E-state index >= 15 is 0 Å². The number of hydrogen-bond acceptors (Lipinski definition) is 5. The fourth-order valence-corrected chi connectivity index (χ4v) is 5.14. The maximum atomic E-state index is 12.7. The Balaban J connectivity index is 0.00000119. The lowest BCUT2D eigenvalue weighted by molar-refractivity contribution is -0.134. The van der Waals surface area contributed by atoms with Gasteiger partial charge in [-0.15, -0.1) is 0 Å². The van der Waals surface area contributed by atoms with Crippen molar-refractivity contribution in [1.29, 1.82) is 0 Å². The molecule has 4 aromatic rings. The van der Waals surface area contributed by atoms with Crippen molar-refractivity contribution in [3.8, 4) is 0 Å². The van der Waals surface area contributed by atoms with Crippen LogP contribution in [0.1, 0.15) is 59.5 Å². The highest BCUT2D eigenvalue weighted by atomic mass is 127. The molecule has 0 aliphatic carbocycles. The van der Waals surface area contributed by atoms with Crippen LogP contribution in [0.3, 0.4) is 0 Å². The van der Waals surface area contributed by atoms with E-state index in [2.05, 4.69) is 10.6 Å². The lowest BCUT2D eigenvalue weighted by Crippen LogP contribution is -2.16. The maximum Gasteiger partial charge on any atom is 0.337 e. The SMILES string of the molecule is CC(=O)O.O=C(Nc1ccc(Cc2ccc(NC(=O)c3ccccc3I)c(C(=O)O)c2)cc1C(=O)O)c1ccccc1I. The van der Waals surface area contributed by atoms with Gasteiger partial charge in [-0.3, -0.25) is 14.4 Å². The molecular weight excluding hydrogens is 782 g/mol. The molecule has 0 heterocycles. The van der Waals surface area contributed by atoms with E-state index < -0.39 is 29.7 Å². The van der Waals surface area contributed by atoms with Crippen LogP contribution >= 0.6 is 45.2 Å². The summed E-state index contributed by atoms with van der Waals surface area (Å²) in [4.78, 5) is 58.4. The number of aliphatic carboxylic acids is 1. The molecule has 4 rings (SSSR count). The zero-order valence-corrected chi connectivity index (χ0v) is 26.7. The van der Waals surface area contributed by atoms with Crippen LogP contribution in [0.4, 0.5) is 11.4 Å². The number of carboxylic acid groups (broad SMARTS) is 3. The maximum absolute atomic E-state index is 12.7. The molecule has 0 unspecified atom stereocenters. The summed E-state index contributed by atoms with van der Waals surface area (Å²) in [7, 11) is 0. The summed E-state index contributed by atoms with van der Waals surface area (Å²) < 4.78 is 1.46. The van der Waals surface area contributed by atoms with E-state index in [1.165, 1.54) is 24.3 Å². The first-order valence-electron chi connectivity index (χ1n) is 12.4. The van der Waals surface area contributed by atoms with Crippen molar-refractivity contribution in [2.45, 2.75) is 13.3 Å². The number of amides is 2. The van der Waals surface area contributed by atoms with Gasteiger partial charge in [0.2, 0.25) is 0 Å². The van der Waals surface area contributed by atoms with Crippen LogP contribution < -0.4 is 10.6 Å². The van der Waals surface area contributed by atoms with E-state index in [0.29, 0.717) is 22.3 Å². The van der Waals surface area contributed by atoms with Gasteiger partial charge in [-0.25, -0.2) is 9.59 Å². The molecule has 220 valence electrons. The van der Waals surface area contributed by atoms with Crippen molar-refractivity contribution in [1.82, 2.24) is 0 Å². The average molecular weight is 806 g/mol.